The number of phenolic OH excluding ortho intramolecular Hbond substituents is 2. The molecule has 2 nitrogen and oxygen atoms in total. The first kappa shape index (κ1) is 8.34. The first-order valence-electron chi connectivity index (χ1n) is 2.27. The Morgan fingerprint density at radius 1 is 0.889 bits per heavy atom. The van der Waals surface area contributed by atoms with Crippen molar-refractivity contribution in [2.45, 2.75) is 0 Å². The maximum atomic E-state index is 8.67. The molecule has 0 heterocycles. The van der Waals surface area contributed by atoms with E-state index >= 15 is 0 Å². The number of rotatable bonds is 0. The topological polar surface area (TPSA) is 40.5 Å². The van der Waals surface area contributed by atoms with Gasteiger partial charge in [0.05, 0.1) is 0 Å². The van der Waals surface area contributed by atoms with Crippen LogP contribution in [0.1, 0.15) is 0 Å². The third-order valence-electron chi connectivity index (χ3n) is 0.882. The molecule has 0 saturated carbocycles. The predicted molar refractivity (Wildman–Crippen MR) is 29.8 cm³/mol. The van der Waals surface area contributed by atoms with Gasteiger partial charge in [-0.3, -0.25) is 0 Å². The van der Waals surface area contributed by atoms with E-state index in [1.165, 1.54) is 12.1 Å². The fraction of sp³-hybridized carbons (Fsp3) is 0. The molecular weight excluding hydrogens is 159 g/mol. The van der Waals surface area contributed by atoms with Crippen molar-refractivity contribution in [2.75, 3.05) is 0 Å². The van der Waals surface area contributed by atoms with Crippen LogP contribution >= 0.6 is 0 Å². The van der Waals surface area contributed by atoms with Crippen molar-refractivity contribution < 1.29 is 27.3 Å². The molecule has 0 atom stereocenters. The van der Waals surface area contributed by atoms with E-state index in [0.717, 1.165) is 0 Å². The largest absolute Gasteiger partial charge is 0.504 e. The van der Waals surface area contributed by atoms with Crippen molar-refractivity contribution in [3.8, 4) is 11.5 Å². The molecule has 1 rings (SSSR count). The average molecular weight is 165 g/mol. The summed E-state index contributed by atoms with van der Waals surface area (Å²) in [5.74, 6) is -0.153. The second-order valence-corrected chi connectivity index (χ2v) is 1.49. The van der Waals surface area contributed by atoms with Crippen LogP contribution in [0.25, 0.3) is 0 Å². The molecule has 1 aromatic carbocycles. The summed E-state index contributed by atoms with van der Waals surface area (Å²) in [6, 6.07) is 6.15. The molecule has 0 aliphatic rings. The van der Waals surface area contributed by atoms with Crippen LogP contribution in [0.2, 0.25) is 0 Å². The van der Waals surface area contributed by atoms with Crippen LogP contribution in [0.15, 0.2) is 24.3 Å². The number of aromatic hydroxyl groups is 2. The van der Waals surface area contributed by atoms with Gasteiger partial charge in [-0.05, 0) is 12.1 Å². The number of benzene rings is 1. The van der Waals surface area contributed by atoms with E-state index in [4.69, 9.17) is 10.2 Å². The van der Waals surface area contributed by atoms with E-state index < -0.39 is 0 Å². The van der Waals surface area contributed by atoms with Gasteiger partial charge in [-0.15, -0.1) is 0 Å². The summed E-state index contributed by atoms with van der Waals surface area (Å²) in [6.45, 7) is 0. The Labute approximate surface area is 63.6 Å². The Bertz CT molecular complexity index is 167. The minimum atomic E-state index is -0.0764. The van der Waals surface area contributed by atoms with E-state index in [1.54, 1.807) is 12.1 Å². The minimum Gasteiger partial charge on any atom is -0.504 e. The van der Waals surface area contributed by atoms with Gasteiger partial charge in [0.1, 0.15) is 0 Å². The fourth-order valence-corrected chi connectivity index (χ4v) is 0.464. The molecule has 0 aliphatic heterocycles. The predicted octanol–water partition coefficient (Wildman–Crippen LogP) is 1.10. The second kappa shape index (κ2) is 3.38. The first-order valence-corrected chi connectivity index (χ1v) is 2.27. The minimum absolute atomic E-state index is 0. The molecule has 1 aromatic rings. The number of para-hydroxylation sites is 2. The van der Waals surface area contributed by atoms with Gasteiger partial charge in [-0.1, -0.05) is 12.1 Å². The van der Waals surface area contributed by atoms with Crippen molar-refractivity contribution in [2.24, 2.45) is 0 Å². The Kier molecular flexibility index (Phi) is 3.13. The van der Waals surface area contributed by atoms with Crippen LogP contribution in [0.4, 0.5) is 0 Å². The van der Waals surface area contributed by atoms with E-state index in [2.05, 4.69) is 0 Å². The van der Waals surface area contributed by atoms with Crippen LogP contribution in [0.5, 0.6) is 11.5 Å². The first-order chi connectivity index (χ1) is 3.80. The standard InChI is InChI=1S/C6H6O2.Mn/c7-5-3-1-2-4-6(5)8;/h1-4,7-8H;. The molecule has 0 spiro atoms. The fourth-order valence-electron chi connectivity index (χ4n) is 0.464. The molecule has 0 aliphatic carbocycles. The van der Waals surface area contributed by atoms with Gasteiger partial charge in [0.15, 0.2) is 11.5 Å². The van der Waals surface area contributed by atoms with E-state index in [1.807, 2.05) is 0 Å². The summed E-state index contributed by atoms with van der Waals surface area (Å²) in [5.41, 5.74) is 0. The molecule has 49 valence electrons. The summed E-state index contributed by atoms with van der Waals surface area (Å²) in [5, 5.41) is 17.3. The van der Waals surface area contributed by atoms with Gasteiger partial charge >= 0.3 is 0 Å². The van der Waals surface area contributed by atoms with E-state index in [0.29, 0.717) is 0 Å². The third kappa shape index (κ3) is 1.96. The third-order valence-corrected chi connectivity index (χ3v) is 0.882. The molecule has 0 fully saturated rings. The number of hydrogen-bond donors (Lipinski definition) is 2. The van der Waals surface area contributed by atoms with Gasteiger partial charge in [0, 0.05) is 17.1 Å². The molecule has 0 unspecified atom stereocenters. The number of hydrogen-bond acceptors (Lipinski definition) is 2. The van der Waals surface area contributed by atoms with Gasteiger partial charge in [-0.25, -0.2) is 0 Å². The van der Waals surface area contributed by atoms with Crippen molar-refractivity contribution >= 4 is 0 Å². The van der Waals surface area contributed by atoms with Crippen LogP contribution < -0.4 is 0 Å². The molecule has 1 radical (unpaired) electrons. The molecule has 3 heteroatoms. The van der Waals surface area contributed by atoms with Crippen LogP contribution in [-0.4, -0.2) is 10.2 Å². The van der Waals surface area contributed by atoms with Crippen LogP contribution in [0.3, 0.4) is 0 Å². The zero-order valence-corrected chi connectivity index (χ0v) is 5.76. The molecule has 0 saturated heterocycles. The zero-order chi connectivity index (χ0) is 5.98. The van der Waals surface area contributed by atoms with Gasteiger partial charge in [0.25, 0.3) is 0 Å². The van der Waals surface area contributed by atoms with Crippen molar-refractivity contribution in [3.05, 3.63) is 24.3 Å². The zero-order valence-electron chi connectivity index (χ0n) is 4.58. The summed E-state index contributed by atoms with van der Waals surface area (Å²) in [4.78, 5) is 0. The molecule has 0 aromatic heterocycles. The quantitative estimate of drug-likeness (QED) is 0.446. The normalized spacial score (nSPS) is 8.00. The SMILES string of the molecule is Oc1ccccc1O.[Mn]. The summed E-state index contributed by atoms with van der Waals surface area (Å²) >= 11 is 0. The maximum absolute atomic E-state index is 8.67. The van der Waals surface area contributed by atoms with Crippen molar-refractivity contribution in [1.29, 1.82) is 0 Å². The van der Waals surface area contributed by atoms with Crippen LogP contribution in [0, 0.1) is 0 Å². The smallest absolute Gasteiger partial charge is 0.157 e. The second-order valence-electron chi connectivity index (χ2n) is 1.49. The van der Waals surface area contributed by atoms with Crippen LogP contribution in [-0.2, 0) is 17.1 Å². The Hall–Kier alpha value is -0.661. The van der Waals surface area contributed by atoms with Gasteiger partial charge in [-0.2, -0.15) is 0 Å². The van der Waals surface area contributed by atoms with E-state index in [9.17, 15) is 0 Å². The summed E-state index contributed by atoms with van der Waals surface area (Å²) < 4.78 is 0. The number of phenols is 2. The Balaban J connectivity index is 0.000000640. The Morgan fingerprint density at radius 3 is 1.44 bits per heavy atom. The van der Waals surface area contributed by atoms with E-state index in [-0.39, 0.29) is 28.6 Å². The van der Waals surface area contributed by atoms with Crippen molar-refractivity contribution in [3.63, 3.8) is 0 Å². The molecule has 2 N–H and O–H groups in total. The molecule has 9 heavy (non-hydrogen) atoms. The molecule has 0 amide bonds. The average Bonchev–Trinajstić information content (AvgIpc) is 1.77. The maximum Gasteiger partial charge on any atom is 0.157 e. The van der Waals surface area contributed by atoms with Gasteiger partial charge < -0.3 is 10.2 Å². The van der Waals surface area contributed by atoms with Gasteiger partial charge in [0.2, 0.25) is 0 Å². The molecule has 0 bridgehead atoms. The molecular formula is C6H6MnO2. The summed E-state index contributed by atoms with van der Waals surface area (Å²) in [6.07, 6.45) is 0. The summed E-state index contributed by atoms with van der Waals surface area (Å²) in [7, 11) is 0. The van der Waals surface area contributed by atoms with Crippen molar-refractivity contribution in [1.82, 2.24) is 0 Å². The Morgan fingerprint density at radius 2 is 1.22 bits per heavy atom. The monoisotopic (exact) mass is 165 g/mol.